The molecule has 1 saturated heterocycles. The lowest BCUT2D eigenvalue weighted by Gasteiger charge is -2.43. The zero-order valence-corrected chi connectivity index (χ0v) is 44.5. The molecule has 0 aliphatic carbocycles. The molecule has 6 atom stereocenters. The summed E-state index contributed by atoms with van der Waals surface area (Å²) in [7, 11) is 0. The van der Waals surface area contributed by atoms with Gasteiger partial charge in [0.05, 0.1) is 32.8 Å². The summed E-state index contributed by atoms with van der Waals surface area (Å²) in [5.41, 5.74) is 0.823. The summed E-state index contributed by atoms with van der Waals surface area (Å²) in [4.78, 5) is 40.8. The molecule has 0 aromatic heterocycles. The fourth-order valence-electron chi connectivity index (χ4n) is 8.46. The Morgan fingerprint density at radius 3 is 1.68 bits per heavy atom. The van der Waals surface area contributed by atoms with E-state index in [-0.39, 0.29) is 31.8 Å². The standard InChI is InChI=1S/C55H77Cl4NO11/c1-2-3-4-5-6-7-8-11-19-26-45(69-50(63)27-20-12-9-14-22-29-66-46-33-41(56)31-42(57)34-46)37-49(62)60-52-54(53(65)48(38-61)70-55(52)68-39-40-24-17-16-18-25-40)71-51(64)28-21-13-10-15-23-30-67-47-35-43(58)32-44(59)36-47/h16-18,24-25,31-36,45,48,52-55,61,65H,2-15,19-23,26-30,37-39H2,1H3,(H,60,62)/t45-,48+,52+,53+,54+,55+/m0/s1. The Hall–Kier alpha value is -3.33. The number of amides is 1. The number of carbonyl (C=O) groups excluding carboxylic acids is 3. The molecule has 71 heavy (non-hydrogen) atoms. The fraction of sp³-hybridized carbons (Fsp3) is 0.618. The molecule has 0 saturated carbocycles. The van der Waals surface area contributed by atoms with E-state index in [9.17, 15) is 24.6 Å². The summed E-state index contributed by atoms with van der Waals surface area (Å²) in [5, 5.41) is 26.7. The van der Waals surface area contributed by atoms with E-state index < -0.39 is 55.2 Å². The molecule has 1 heterocycles. The van der Waals surface area contributed by atoms with Crippen molar-refractivity contribution in [2.45, 2.75) is 198 Å². The highest BCUT2D eigenvalue weighted by atomic mass is 35.5. The Kier molecular flexibility index (Phi) is 30.3. The number of unbranched alkanes of at least 4 members (excludes halogenated alkanes) is 16. The van der Waals surface area contributed by atoms with Gasteiger partial charge < -0.3 is 44.0 Å². The van der Waals surface area contributed by atoms with E-state index in [0.29, 0.717) is 64.1 Å². The third-order valence-corrected chi connectivity index (χ3v) is 13.2. The zero-order valence-electron chi connectivity index (χ0n) is 41.5. The Morgan fingerprint density at radius 2 is 1.14 bits per heavy atom. The van der Waals surface area contributed by atoms with Gasteiger partial charge in [-0.3, -0.25) is 14.4 Å². The number of carbonyl (C=O) groups is 3. The van der Waals surface area contributed by atoms with Gasteiger partial charge >= 0.3 is 11.9 Å². The van der Waals surface area contributed by atoms with E-state index in [0.717, 1.165) is 82.6 Å². The van der Waals surface area contributed by atoms with Gasteiger partial charge in [-0.15, -0.1) is 0 Å². The second-order valence-electron chi connectivity index (χ2n) is 18.4. The molecule has 3 aromatic rings. The van der Waals surface area contributed by atoms with E-state index in [2.05, 4.69) is 12.2 Å². The van der Waals surface area contributed by atoms with Crippen molar-refractivity contribution in [1.29, 1.82) is 0 Å². The molecule has 0 bridgehead atoms. The van der Waals surface area contributed by atoms with E-state index in [1.54, 1.807) is 36.4 Å². The van der Waals surface area contributed by atoms with Gasteiger partial charge in [-0.2, -0.15) is 0 Å². The fourth-order valence-corrected chi connectivity index (χ4v) is 9.47. The van der Waals surface area contributed by atoms with Crippen molar-refractivity contribution < 1.29 is 53.0 Å². The van der Waals surface area contributed by atoms with Crippen LogP contribution in [0.25, 0.3) is 0 Å². The molecule has 3 N–H and O–H groups in total. The van der Waals surface area contributed by atoms with Crippen molar-refractivity contribution in [2.24, 2.45) is 0 Å². The number of hydrogen-bond donors (Lipinski definition) is 3. The predicted octanol–water partition coefficient (Wildman–Crippen LogP) is 13.4. The molecule has 396 valence electrons. The minimum absolute atomic E-state index is 0.0759. The van der Waals surface area contributed by atoms with Crippen LogP contribution in [-0.4, -0.2) is 84.6 Å². The zero-order chi connectivity index (χ0) is 51.1. The average molecular weight is 1070 g/mol. The molecular formula is C55H77Cl4NO11. The van der Waals surface area contributed by atoms with Crippen LogP contribution in [0, 0.1) is 0 Å². The first-order valence-corrected chi connectivity index (χ1v) is 27.4. The second kappa shape index (κ2) is 35.8. The summed E-state index contributed by atoms with van der Waals surface area (Å²) in [6, 6.07) is 18.4. The first-order valence-electron chi connectivity index (χ1n) is 25.9. The first kappa shape index (κ1) is 60.2. The number of aliphatic hydroxyl groups excluding tert-OH is 2. The average Bonchev–Trinajstić information content (AvgIpc) is 3.33. The maximum absolute atomic E-state index is 14.1. The van der Waals surface area contributed by atoms with E-state index >= 15 is 0 Å². The van der Waals surface area contributed by atoms with Crippen molar-refractivity contribution in [3.05, 3.63) is 92.4 Å². The molecule has 12 nitrogen and oxygen atoms in total. The van der Waals surface area contributed by atoms with Crippen LogP contribution in [0.5, 0.6) is 11.5 Å². The highest BCUT2D eigenvalue weighted by molar-refractivity contribution is 6.35. The van der Waals surface area contributed by atoms with Gasteiger partial charge in [0.15, 0.2) is 12.4 Å². The lowest BCUT2D eigenvalue weighted by molar-refractivity contribution is -0.276. The van der Waals surface area contributed by atoms with E-state index in [1.165, 1.54) is 32.1 Å². The number of benzene rings is 3. The smallest absolute Gasteiger partial charge is 0.306 e. The van der Waals surface area contributed by atoms with Crippen molar-refractivity contribution in [3.63, 3.8) is 0 Å². The van der Waals surface area contributed by atoms with Crippen LogP contribution in [0.3, 0.4) is 0 Å². The summed E-state index contributed by atoms with van der Waals surface area (Å²) in [5.74, 6) is -0.179. The van der Waals surface area contributed by atoms with Gasteiger partial charge in [-0.25, -0.2) is 0 Å². The minimum atomic E-state index is -1.48. The monoisotopic (exact) mass is 1070 g/mol. The third kappa shape index (κ3) is 25.5. The highest BCUT2D eigenvalue weighted by Gasteiger charge is 2.48. The maximum Gasteiger partial charge on any atom is 0.306 e. The number of rotatable bonds is 37. The number of esters is 2. The number of hydrogen-bond acceptors (Lipinski definition) is 11. The molecule has 1 amide bonds. The summed E-state index contributed by atoms with van der Waals surface area (Å²) in [6.07, 6.45) is 12.8. The molecule has 1 aliphatic rings. The minimum Gasteiger partial charge on any atom is -0.493 e. The largest absolute Gasteiger partial charge is 0.493 e. The van der Waals surface area contributed by atoms with Crippen molar-refractivity contribution >= 4 is 64.2 Å². The molecule has 0 unspecified atom stereocenters. The third-order valence-electron chi connectivity index (χ3n) is 12.3. The van der Waals surface area contributed by atoms with Crippen LogP contribution in [0.4, 0.5) is 0 Å². The summed E-state index contributed by atoms with van der Waals surface area (Å²) >= 11 is 24.3. The molecule has 4 rings (SSSR count). The van der Waals surface area contributed by atoms with Crippen molar-refractivity contribution in [2.75, 3.05) is 19.8 Å². The van der Waals surface area contributed by atoms with Crippen LogP contribution in [-0.2, 0) is 39.9 Å². The predicted molar refractivity (Wildman–Crippen MR) is 280 cm³/mol. The second-order valence-corrected chi connectivity index (χ2v) is 20.2. The first-order chi connectivity index (χ1) is 34.4. The Balaban J connectivity index is 1.32. The number of aliphatic hydroxyl groups is 2. The number of halogens is 4. The van der Waals surface area contributed by atoms with Crippen LogP contribution >= 0.6 is 46.4 Å². The number of nitrogens with one attached hydrogen (secondary N) is 1. The lowest BCUT2D eigenvalue weighted by Crippen LogP contribution is -2.66. The Bertz CT molecular complexity index is 1920. The van der Waals surface area contributed by atoms with Gasteiger partial charge in [0, 0.05) is 32.9 Å². The van der Waals surface area contributed by atoms with Crippen molar-refractivity contribution in [3.8, 4) is 11.5 Å². The molecule has 16 heteroatoms. The maximum atomic E-state index is 14.1. The van der Waals surface area contributed by atoms with Gasteiger partial charge in [0.1, 0.15) is 35.9 Å². The van der Waals surface area contributed by atoms with Crippen LogP contribution in [0.2, 0.25) is 20.1 Å². The lowest BCUT2D eigenvalue weighted by atomic mass is 9.96. The van der Waals surface area contributed by atoms with E-state index in [1.807, 2.05) is 30.3 Å². The van der Waals surface area contributed by atoms with Gasteiger partial charge in [-0.05, 0) is 80.5 Å². The molecule has 1 fully saturated rings. The normalized spacial score (nSPS) is 18.2. The van der Waals surface area contributed by atoms with Gasteiger partial charge in [0.25, 0.3) is 0 Å². The number of ether oxygens (including phenoxy) is 6. The van der Waals surface area contributed by atoms with Crippen LogP contribution in [0.15, 0.2) is 66.7 Å². The van der Waals surface area contributed by atoms with E-state index in [4.69, 9.17) is 74.8 Å². The summed E-state index contributed by atoms with van der Waals surface area (Å²) in [6.45, 7) is 2.73. The molecule has 0 radical (unpaired) electrons. The van der Waals surface area contributed by atoms with Crippen molar-refractivity contribution in [1.82, 2.24) is 5.32 Å². The Labute approximate surface area is 442 Å². The molecule has 1 aliphatic heterocycles. The van der Waals surface area contributed by atoms with Gasteiger partial charge in [0.2, 0.25) is 5.91 Å². The van der Waals surface area contributed by atoms with Crippen LogP contribution < -0.4 is 14.8 Å². The SMILES string of the molecule is CCCCCCCCCCC[C@@H](CC(=O)N[C@H]1[C@H](OCc2ccccc2)O[C@H](CO)[C@@H](O)[C@@H]1OC(=O)CCCCCCCOc1cc(Cl)cc(Cl)c1)OC(=O)CCCCCCCOc1cc(Cl)cc(Cl)c1. The summed E-state index contributed by atoms with van der Waals surface area (Å²) < 4.78 is 35.7. The highest BCUT2D eigenvalue weighted by Crippen LogP contribution is 2.29. The van der Waals surface area contributed by atoms with Gasteiger partial charge in [-0.1, -0.05) is 174 Å². The van der Waals surface area contributed by atoms with Crippen LogP contribution in [0.1, 0.15) is 160 Å². The molecule has 3 aromatic carbocycles. The quantitative estimate of drug-likeness (QED) is 0.0373. The molecule has 0 spiro atoms. The molecular weight excluding hydrogens is 992 g/mol. The topological polar surface area (TPSA) is 159 Å². The Morgan fingerprint density at radius 1 is 0.648 bits per heavy atom.